The molecule has 0 amide bonds. The molecule has 0 radical (unpaired) electrons. The van der Waals surface area contributed by atoms with Gasteiger partial charge in [0.15, 0.2) is 5.17 Å². The number of nitrogens with zero attached hydrogens (tertiary/aromatic N) is 2. The monoisotopic (exact) mass is 466 g/mol. The van der Waals surface area contributed by atoms with Crippen LogP contribution >= 0.6 is 11.8 Å². The second kappa shape index (κ2) is 20.8. The van der Waals surface area contributed by atoms with Gasteiger partial charge in [0, 0.05) is 18.1 Å². The second-order valence-electron chi connectivity index (χ2n) is 5.85. The number of methoxy groups -OCH3 is 1. The minimum Gasteiger partial charge on any atom is -0.501 e. The summed E-state index contributed by atoms with van der Waals surface area (Å²) in [5, 5.41) is 0.434. The number of hydrogen-bond acceptors (Lipinski definition) is 6. The average molecular weight is 467 g/mol. The number of aliphatic imine (C=N–C) groups is 2. The highest BCUT2D eigenvalue weighted by molar-refractivity contribution is 8.13. The molecule has 1 aromatic rings. The molecule has 1 rings (SSSR count). The zero-order valence-electron chi connectivity index (χ0n) is 21.4. The number of hydrogen-bond donors (Lipinski definition) is 0. The quantitative estimate of drug-likeness (QED) is 0.159. The number of rotatable bonds is 10. The molecular formula is C25H42N2O4S. The summed E-state index contributed by atoms with van der Waals surface area (Å²) in [6.45, 7) is 18.4. The van der Waals surface area contributed by atoms with Gasteiger partial charge in [-0.1, -0.05) is 66.3 Å². The Bertz CT molecular complexity index is 790. The maximum Gasteiger partial charge on any atom is 0.337 e. The van der Waals surface area contributed by atoms with Gasteiger partial charge >= 0.3 is 5.63 Å². The van der Waals surface area contributed by atoms with Crippen molar-refractivity contribution in [1.29, 1.82) is 0 Å². The van der Waals surface area contributed by atoms with Crippen molar-refractivity contribution >= 4 is 29.5 Å². The maximum absolute atomic E-state index is 11.9. The molecule has 0 saturated heterocycles. The Labute approximate surface area is 198 Å². The Morgan fingerprint density at radius 2 is 1.81 bits per heavy atom. The minimum absolute atomic E-state index is 0.232. The summed E-state index contributed by atoms with van der Waals surface area (Å²) in [6.07, 6.45) is 8.21. The average Bonchev–Trinajstić information content (AvgIpc) is 2.84. The van der Waals surface area contributed by atoms with Gasteiger partial charge in [-0.15, -0.1) is 0 Å². The van der Waals surface area contributed by atoms with Crippen molar-refractivity contribution in [3.8, 4) is 0 Å². The van der Waals surface area contributed by atoms with Crippen molar-refractivity contribution in [3.63, 3.8) is 0 Å². The summed E-state index contributed by atoms with van der Waals surface area (Å²) in [5.41, 5.74) is 2.32. The largest absolute Gasteiger partial charge is 0.501 e. The third-order valence-corrected chi connectivity index (χ3v) is 4.72. The van der Waals surface area contributed by atoms with E-state index < -0.39 is 5.63 Å². The molecule has 1 heterocycles. The van der Waals surface area contributed by atoms with E-state index in [0.29, 0.717) is 18.2 Å². The van der Waals surface area contributed by atoms with Crippen LogP contribution in [0.5, 0.6) is 0 Å². The highest BCUT2D eigenvalue weighted by Gasteiger charge is 2.13. The highest BCUT2D eigenvalue weighted by Crippen LogP contribution is 2.24. The molecule has 0 aliphatic carbocycles. The van der Waals surface area contributed by atoms with E-state index in [4.69, 9.17) is 13.9 Å². The Kier molecular flexibility index (Phi) is 20.8. The van der Waals surface area contributed by atoms with E-state index in [0.717, 1.165) is 35.3 Å². The standard InChI is InChI=1S/C21H30N2O4S.2C2H6/c1-7-15(10-11-17(9-3)25-5)13-26-14-18-16(8-2)12-19(24)27-20(18)23-21(22-4)28-6;2*1-2/h10-12H,4,7-9,13-14H2,1-3,5-6H3;2*1-2H3/b15-10+,17-11+,23-21+;;. The minimum atomic E-state index is -0.435. The summed E-state index contributed by atoms with van der Waals surface area (Å²) in [7, 11) is 1.67. The van der Waals surface area contributed by atoms with Gasteiger partial charge in [-0.25, -0.2) is 9.79 Å². The fourth-order valence-corrected chi connectivity index (χ4v) is 2.74. The third kappa shape index (κ3) is 12.1. The van der Waals surface area contributed by atoms with E-state index in [9.17, 15) is 4.79 Å². The van der Waals surface area contributed by atoms with E-state index in [1.54, 1.807) is 7.11 Å². The lowest BCUT2D eigenvalue weighted by Crippen LogP contribution is -2.07. The number of allylic oxidation sites excluding steroid dienone is 3. The number of thioether (sulfide) groups is 1. The molecule has 32 heavy (non-hydrogen) atoms. The third-order valence-electron chi connectivity index (χ3n) is 4.13. The smallest absolute Gasteiger partial charge is 0.337 e. The van der Waals surface area contributed by atoms with Crippen LogP contribution in [0.3, 0.4) is 0 Å². The van der Waals surface area contributed by atoms with E-state index in [1.165, 1.54) is 17.8 Å². The van der Waals surface area contributed by atoms with Crippen LogP contribution in [0.1, 0.15) is 72.4 Å². The molecule has 6 nitrogen and oxygen atoms in total. The highest BCUT2D eigenvalue weighted by atomic mass is 32.2. The first-order chi connectivity index (χ1) is 15.5. The molecule has 1 aromatic heterocycles. The molecule has 0 N–H and O–H groups in total. The van der Waals surface area contributed by atoms with Gasteiger partial charge < -0.3 is 13.9 Å². The predicted molar refractivity (Wildman–Crippen MR) is 141 cm³/mol. The zero-order chi connectivity index (χ0) is 24.9. The predicted octanol–water partition coefficient (Wildman–Crippen LogP) is 7.10. The Morgan fingerprint density at radius 1 is 1.16 bits per heavy atom. The topological polar surface area (TPSA) is 73.4 Å². The van der Waals surface area contributed by atoms with Crippen molar-refractivity contribution in [1.82, 2.24) is 0 Å². The Morgan fingerprint density at radius 3 is 2.28 bits per heavy atom. The fourth-order valence-electron chi connectivity index (χ4n) is 2.44. The van der Waals surface area contributed by atoms with E-state index >= 15 is 0 Å². The zero-order valence-corrected chi connectivity index (χ0v) is 22.2. The van der Waals surface area contributed by atoms with Gasteiger partial charge in [-0.2, -0.15) is 4.99 Å². The Balaban J connectivity index is 0. The lowest BCUT2D eigenvalue weighted by atomic mass is 10.1. The molecule has 0 bridgehead atoms. The molecule has 0 aliphatic heterocycles. The molecule has 0 atom stereocenters. The van der Waals surface area contributed by atoms with Gasteiger partial charge in [0.25, 0.3) is 0 Å². The maximum atomic E-state index is 11.9. The lowest BCUT2D eigenvalue weighted by molar-refractivity contribution is 0.139. The van der Waals surface area contributed by atoms with Crippen molar-refractivity contribution in [3.05, 3.63) is 51.1 Å². The van der Waals surface area contributed by atoms with Crippen molar-refractivity contribution in [2.75, 3.05) is 20.0 Å². The van der Waals surface area contributed by atoms with Crippen LogP contribution in [0.25, 0.3) is 0 Å². The first-order valence-corrected chi connectivity index (χ1v) is 12.5. The summed E-state index contributed by atoms with van der Waals surface area (Å²) in [6, 6.07) is 1.49. The van der Waals surface area contributed by atoms with Crippen LogP contribution in [0.4, 0.5) is 5.88 Å². The SMILES string of the molecule is C=N/C(=N\c1oc(=O)cc(CC)c1COC/C(=C/C=C(\CC)OC)CC)SC.CC.CC. The van der Waals surface area contributed by atoms with Crippen LogP contribution in [-0.4, -0.2) is 31.9 Å². The number of aryl methyl sites for hydroxylation is 1. The van der Waals surface area contributed by atoms with Crippen LogP contribution in [0.2, 0.25) is 0 Å². The molecule has 0 unspecified atom stereocenters. The second-order valence-corrected chi connectivity index (χ2v) is 6.62. The van der Waals surface area contributed by atoms with E-state index in [-0.39, 0.29) is 12.5 Å². The molecule has 7 heteroatoms. The first kappa shape index (κ1) is 32.1. The van der Waals surface area contributed by atoms with Crippen LogP contribution in [0, 0.1) is 0 Å². The van der Waals surface area contributed by atoms with Crippen molar-refractivity contribution < 1.29 is 13.9 Å². The van der Waals surface area contributed by atoms with Crippen LogP contribution in [0.15, 0.2) is 48.7 Å². The van der Waals surface area contributed by atoms with Gasteiger partial charge in [0.05, 0.1) is 26.1 Å². The van der Waals surface area contributed by atoms with E-state index in [1.807, 2.05) is 60.0 Å². The Hall–Kier alpha value is -2.12. The van der Waals surface area contributed by atoms with Gasteiger partial charge in [0.2, 0.25) is 5.88 Å². The summed E-state index contributed by atoms with van der Waals surface area (Å²) >= 11 is 1.33. The molecule has 0 spiro atoms. The van der Waals surface area contributed by atoms with Crippen molar-refractivity contribution in [2.24, 2.45) is 9.98 Å². The van der Waals surface area contributed by atoms with Crippen molar-refractivity contribution in [2.45, 2.75) is 74.3 Å². The van der Waals surface area contributed by atoms with E-state index in [2.05, 4.69) is 23.6 Å². The normalized spacial score (nSPS) is 11.7. The van der Waals surface area contributed by atoms with Gasteiger partial charge in [-0.05, 0) is 43.0 Å². The molecule has 0 saturated carbocycles. The van der Waals surface area contributed by atoms with Gasteiger partial charge in [0.1, 0.15) is 0 Å². The first-order valence-electron chi connectivity index (χ1n) is 11.3. The molecule has 0 fully saturated rings. The molecule has 0 aliphatic rings. The number of amidine groups is 1. The number of ether oxygens (including phenoxy) is 2. The molecular weight excluding hydrogens is 424 g/mol. The lowest BCUT2D eigenvalue weighted by Gasteiger charge is -2.11. The summed E-state index contributed by atoms with van der Waals surface area (Å²) in [4.78, 5) is 20.0. The summed E-state index contributed by atoms with van der Waals surface area (Å²) < 4.78 is 16.5. The molecule has 0 aromatic carbocycles. The molecule has 182 valence electrons. The fraction of sp³-hybridized carbons (Fsp3) is 0.560. The van der Waals surface area contributed by atoms with Gasteiger partial charge in [-0.3, -0.25) is 0 Å². The van der Waals surface area contributed by atoms with Crippen LogP contribution in [-0.2, 0) is 22.5 Å². The van der Waals surface area contributed by atoms with Crippen LogP contribution < -0.4 is 5.63 Å². The summed E-state index contributed by atoms with van der Waals surface area (Å²) in [5.74, 6) is 1.15.